The molecule has 2 amide bonds. The molecule has 4 N–H and O–H groups in total. The second kappa shape index (κ2) is 36.4. The van der Waals surface area contributed by atoms with Crippen molar-refractivity contribution in [3.8, 4) is 0 Å². The number of amides is 2. The highest BCUT2D eigenvalue weighted by molar-refractivity contribution is 8.03. The minimum Gasteiger partial charge on any atom is -0.378 e. The van der Waals surface area contributed by atoms with Crippen LogP contribution in [0.25, 0.3) is 0 Å². The molecule has 9 rings (SSSR count). The number of carbonyl (C=O) groups is 2. The second-order valence-electron chi connectivity index (χ2n) is 26.7. The third-order valence-corrected chi connectivity index (χ3v) is 28.7. The Morgan fingerprint density at radius 2 is 1.12 bits per heavy atom. The maximum absolute atomic E-state index is 16.0. The minimum absolute atomic E-state index is 0.0207. The molecule has 2 unspecified atom stereocenters. The van der Waals surface area contributed by atoms with Crippen LogP contribution in [0.15, 0.2) is 216 Å². The largest absolute Gasteiger partial charge is 0.378 e. The van der Waals surface area contributed by atoms with Gasteiger partial charge in [0.25, 0.3) is 20.2 Å². The van der Waals surface area contributed by atoms with Gasteiger partial charge in [0.15, 0.2) is 5.71 Å². The molecule has 534 valence electrons. The number of thioether (sulfide) groups is 1. The van der Waals surface area contributed by atoms with Gasteiger partial charge in [0.05, 0.1) is 43.3 Å². The molecule has 0 saturated carbocycles. The number of para-hydroxylation sites is 2. The van der Waals surface area contributed by atoms with Gasteiger partial charge in [-0.1, -0.05) is 184 Å². The van der Waals surface area contributed by atoms with E-state index in [2.05, 4.69) is 96.4 Å². The average Bonchev–Trinajstić information content (AvgIpc) is 1.58. The molecule has 0 radical (unpaired) electrons. The summed E-state index contributed by atoms with van der Waals surface area (Å²) in [6.45, 7) is 10.4. The number of hydrogen-bond donors (Lipinski definition) is 4. The molecule has 2 atom stereocenters. The van der Waals surface area contributed by atoms with E-state index in [0.717, 1.165) is 91.5 Å². The summed E-state index contributed by atoms with van der Waals surface area (Å²) < 4.78 is 119. The molecule has 6 aromatic carbocycles. The Labute approximate surface area is 596 Å². The highest BCUT2D eigenvalue weighted by Crippen LogP contribution is 2.71. The molecule has 2 heterocycles. The fraction of sp³-hybridized carbons (Fsp3) is 0.397. The van der Waals surface area contributed by atoms with Gasteiger partial charge in [-0.15, -0.1) is 11.8 Å². The van der Waals surface area contributed by atoms with Crippen molar-refractivity contribution in [1.82, 2.24) is 10.6 Å². The molecule has 0 bridgehead atoms. The molecule has 2 aliphatic heterocycles. The monoisotopic (exact) mass is 1460 g/mol. The Morgan fingerprint density at radius 3 is 1.69 bits per heavy atom. The Kier molecular flexibility index (Phi) is 28.1. The molecule has 100 heavy (non-hydrogen) atoms. The van der Waals surface area contributed by atoms with Crippen LogP contribution in [-0.4, -0.2) is 122 Å². The van der Waals surface area contributed by atoms with Gasteiger partial charge < -0.3 is 29.3 Å². The van der Waals surface area contributed by atoms with Crippen molar-refractivity contribution in [2.45, 2.75) is 128 Å². The number of anilines is 1. The van der Waals surface area contributed by atoms with Crippen LogP contribution in [0.1, 0.15) is 119 Å². The van der Waals surface area contributed by atoms with Crippen molar-refractivity contribution in [1.29, 1.82) is 0 Å². The van der Waals surface area contributed by atoms with Gasteiger partial charge in [-0.3, -0.25) is 27.8 Å². The number of rotatable bonds is 39. The lowest BCUT2D eigenvalue weighted by molar-refractivity contribution is -0.438. The summed E-state index contributed by atoms with van der Waals surface area (Å²) in [6, 6.07) is 54.5. The molecular formula is C78H97N4O13P2S3+. The third-order valence-electron chi connectivity index (χ3n) is 18.7. The Balaban J connectivity index is 0.880. The van der Waals surface area contributed by atoms with Crippen LogP contribution in [0.3, 0.4) is 0 Å². The third kappa shape index (κ3) is 22.1. The van der Waals surface area contributed by atoms with Crippen molar-refractivity contribution in [2.24, 2.45) is 0 Å². The number of carbonyl (C=O) groups excluding carboxylic acids is 2. The van der Waals surface area contributed by atoms with Gasteiger partial charge in [-0.05, 0) is 116 Å². The highest BCUT2D eigenvalue weighted by atomic mass is 32.2. The molecular weight excluding hydrogens is 1360 g/mol. The molecule has 1 aliphatic carbocycles. The SMILES string of the molecule is CC1(C)C(/C=C/C2=C(SCCC(=O)NCCOCCNC(=O)CC(P(=O)(CCc3ccccc3)OCc3ccccc3)P(=O)(CCc3ccccc3)OCc3ccccc3)C(=C/C=C3/N(CCCCS(=O)(=O)O)c4ccccc4C3(C)C)/CCC2)=[N+](CCCCS(=O)(=O)O)c2ccccc21. The molecule has 6 aromatic rings. The highest BCUT2D eigenvalue weighted by Gasteiger charge is 2.49. The number of hydrogen-bond acceptors (Lipinski definition) is 13. The van der Waals surface area contributed by atoms with Gasteiger partial charge >= 0.3 is 0 Å². The van der Waals surface area contributed by atoms with Crippen molar-refractivity contribution < 1.29 is 63.0 Å². The number of nitrogens with one attached hydrogen (secondary N) is 2. The van der Waals surface area contributed by atoms with E-state index in [0.29, 0.717) is 57.4 Å². The summed E-state index contributed by atoms with van der Waals surface area (Å²) in [6.07, 6.45) is 13.5. The zero-order valence-corrected chi connectivity index (χ0v) is 62.2. The van der Waals surface area contributed by atoms with E-state index >= 15 is 9.13 Å². The van der Waals surface area contributed by atoms with Crippen LogP contribution < -0.4 is 15.5 Å². The van der Waals surface area contributed by atoms with Crippen molar-refractivity contribution >= 4 is 75.6 Å². The first-order chi connectivity index (χ1) is 47.9. The number of allylic oxidation sites excluding steroid dienone is 7. The summed E-state index contributed by atoms with van der Waals surface area (Å²) in [5.74, 6) is -0.790. The Bertz CT molecular complexity index is 4040. The summed E-state index contributed by atoms with van der Waals surface area (Å²) in [5, 5.41) is 4.66. The number of nitrogens with zero attached hydrogens (tertiary/aromatic N) is 2. The fourth-order valence-electron chi connectivity index (χ4n) is 13.4. The summed E-state index contributed by atoms with van der Waals surface area (Å²) in [5.41, 5.74) is 11.4. The Hall–Kier alpha value is -6.80. The van der Waals surface area contributed by atoms with Crippen molar-refractivity contribution in [2.75, 3.05) is 73.9 Å². The molecule has 22 heteroatoms. The molecule has 0 saturated heterocycles. The van der Waals surface area contributed by atoms with E-state index in [1.807, 2.05) is 146 Å². The van der Waals surface area contributed by atoms with Gasteiger partial charge in [-0.25, -0.2) is 0 Å². The van der Waals surface area contributed by atoms with Gasteiger partial charge in [0.2, 0.25) is 32.2 Å². The van der Waals surface area contributed by atoms with Crippen molar-refractivity contribution in [3.05, 3.63) is 249 Å². The maximum Gasteiger partial charge on any atom is 0.264 e. The summed E-state index contributed by atoms with van der Waals surface area (Å²) in [4.78, 5) is 31.4. The first-order valence-electron chi connectivity index (χ1n) is 34.6. The van der Waals surface area contributed by atoms with Crippen LogP contribution in [0.5, 0.6) is 0 Å². The van der Waals surface area contributed by atoms with Gasteiger partial charge in [-0.2, -0.15) is 21.4 Å². The topological polar surface area (TPSA) is 235 Å². The van der Waals surface area contributed by atoms with Crippen LogP contribution >= 0.6 is 26.5 Å². The molecule has 0 aromatic heterocycles. The minimum atomic E-state index is -4.11. The number of aryl methyl sites for hydroxylation is 2. The van der Waals surface area contributed by atoms with Crippen molar-refractivity contribution in [3.63, 3.8) is 0 Å². The van der Waals surface area contributed by atoms with E-state index in [1.165, 1.54) is 0 Å². The Morgan fingerprint density at radius 1 is 0.610 bits per heavy atom. The van der Waals surface area contributed by atoms with E-state index in [9.17, 15) is 35.5 Å². The number of ether oxygens (including phenoxy) is 1. The normalized spacial score (nSPS) is 17.5. The maximum atomic E-state index is 16.0. The zero-order chi connectivity index (χ0) is 71.2. The molecule has 3 aliphatic rings. The quantitative estimate of drug-likeness (QED) is 0.0122. The smallest absolute Gasteiger partial charge is 0.264 e. The standard InChI is InChI=1S/C78H96N4O13P2S3/c1-77(2)67-36-17-19-38-69(67)81(49-21-23-56-99(87,88)89)71(77)42-40-65-34-25-35-66(41-43-72-78(3,4)68-37-18-20-39-70(68)82(72)50-22-24-57-100(90,91)92)76(65)98-55-46-73(83)79-47-51-93-52-48-80-74(84)58-75(96(85,53-44-61-26-9-5-10-27-61)94-59-63-30-13-7-14-31-63)97(86,54-45-62-28-11-6-12-29-62)95-60-64-32-15-8-16-33-64/h5-20,26-33,36-43,75H,21-25,34-35,44-60H2,1-4H3,(H3-,79,80,83,84,87,88,89,90,91,92)/p+1. The fourth-order valence-corrected chi connectivity index (χ4v) is 22.9. The molecule has 0 spiro atoms. The van der Waals surface area contributed by atoms with E-state index in [1.54, 1.807) is 11.8 Å². The van der Waals surface area contributed by atoms with Crippen LogP contribution in [0, 0.1) is 0 Å². The number of fused-ring (bicyclic) bond motifs is 2. The number of benzene rings is 6. The average molecular weight is 1460 g/mol. The second-order valence-corrected chi connectivity index (χ2v) is 36.9. The summed E-state index contributed by atoms with van der Waals surface area (Å²) in [7, 11) is -16.2. The van der Waals surface area contributed by atoms with Crippen LogP contribution in [0.4, 0.5) is 11.4 Å². The lowest BCUT2D eigenvalue weighted by atomic mass is 9.81. The zero-order valence-electron chi connectivity index (χ0n) is 57.9. The number of unbranched alkanes of at least 4 members (excludes halogenated alkanes) is 2. The van der Waals surface area contributed by atoms with E-state index in [-0.39, 0.29) is 82.1 Å². The first kappa shape index (κ1) is 77.4. The predicted octanol–water partition coefficient (Wildman–Crippen LogP) is 15.6. The van der Waals surface area contributed by atoms with Crippen LogP contribution in [-0.2, 0) is 89.6 Å². The predicted molar refractivity (Wildman–Crippen MR) is 404 cm³/mol. The van der Waals surface area contributed by atoms with Gasteiger partial charge in [0, 0.05) is 96.4 Å². The van der Waals surface area contributed by atoms with Gasteiger partial charge in [0.1, 0.15) is 11.9 Å². The lowest BCUT2D eigenvalue weighted by Gasteiger charge is -2.34. The van der Waals surface area contributed by atoms with Crippen LogP contribution in [0.2, 0.25) is 0 Å². The summed E-state index contributed by atoms with van der Waals surface area (Å²) >= 11 is 1.64. The van der Waals surface area contributed by atoms with E-state index in [4.69, 9.17) is 13.8 Å². The lowest BCUT2D eigenvalue weighted by Crippen LogP contribution is -2.33. The molecule has 0 fully saturated rings. The first-order valence-corrected chi connectivity index (χ1v) is 42.6. The molecule has 17 nitrogen and oxygen atoms in total. The van der Waals surface area contributed by atoms with E-state index < -0.39 is 57.1 Å².